The van der Waals surface area contributed by atoms with Gasteiger partial charge in [0.2, 0.25) is 11.8 Å². The number of fused-ring (bicyclic) bond motifs is 1. The summed E-state index contributed by atoms with van der Waals surface area (Å²) in [6.45, 7) is 3.60. The number of hydrazine groups is 1. The lowest BCUT2D eigenvalue weighted by Gasteiger charge is -2.12. The van der Waals surface area contributed by atoms with E-state index in [1.807, 2.05) is 6.92 Å². The van der Waals surface area contributed by atoms with Crippen LogP contribution in [0.1, 0.15) is 39.3 Å². The van der Waals surface area contributed by atoms with Crippen molar-refractivity contribution in [3.63, 3.8) is 0 Å². The molecule has 3 rings (SSSR count). The molecule has 10 heteroatoms. The van der Waals surface area contributed by atoms with E-state index in [4.69, 9.17) is 5.73 Å². The first kappa shape index (κ1) is 20.9. The molecule has 1 aromatic carbocycles. The molecule has 0 bridgehead atoms. The summed E-state index contributed by atoms with van der Waals surface area (Å²) in [6, 6.07) is 5.54. The van der Waals surface area contributed by atoms with Crippen molar-refractivity contribution < 1.29 is 18.8 Å². The van der Waals surface area contributed by atoms with Gasteiger partial charge in [-0.1, -0.05) is 12.1 Å². The van der Waals surface area contributed by atoms with Crippen molar-refractivity contribution in [3.05, 3.63) is 64.4 Å². The number of halogens is 1. The lowest BCUT2D eigenvalue weighted by molar-refractivity contribution is -0.128. The second-order valence-electron chi connectivity index (χ2n) is 6.82. The fraction of sp³-hybridized carbons (Fsp3) is 0.250. The highest BCUT2D eigenvalue weighted by Crippen LogP contribution is 2.18. The Morgan fingerprint density at radius 3 is 2.43 bits per heavy atom. The number of benzene rings is 1. The first-order valence-corrected chi connectivity index (χ1v) is 9.22. The standard InChI is InChI=1S/C20H21FN6O3/c1-11-15(12(2)27-20(24-11)16(10-23-27)19(22)30)7-8-17(28)25-26-18(29)9-13-3-5-14(21)6-4-13/h3-6,10H,7-9H2,1-2H3,(H2,22,30)(H,25,28)(H,26,29). The first-order valence-electron chi connectivity index (χ1n) is 9.22. The molecule has 0 aliphatic rings. The third-order valence-electron chi connectivity index (χ3n) is 4.70. The monoisotopic (exact) mass is 412 g/mol. The number of rotatable bonds is 6. The molecule has 156 valence electrons. The third-order valence-corrected chi connectivity index (χ3v) is 4.70. The minimum atomic E-state index is -0.611. The molecule has 0 unspecified atom stereocenters. The molecule has 0 atom stereocenters. The van der Waals surface area contributed by atoms with Gasteiger partial charge in [-0.15, -0.1) is 0 Å². The number of aryl methyl sites for hydroxylation is 2. The Hall–Kier alpha value is -3.82. The molecule has 0 saturated carbocycles. The molecule has 3 aromatic rings. The van der Waals surface area contributed by atoms with E-state index in [0.717, 1.165) is 11.3 Å². The summed E-state index contributed by atoms with van der Waals surface area (Å²) in [6.07, 6.45) is 1.85. The van der Waals surface area contributed by atoms with Gasteiger partial charge >= 0.3 is 0 Å². The lowest BCUT2D eigenvalue weighted by Crippen LogP contribution is -2.42. The Labute approximate surface area is 171 Å². The van der Waals surface area contributed by atoms with Crippen molar-refractivity contribution in [1.29, 1.82) is 0 Å². The van der Waals surface area contributed by atoms with Crippen LogP contribution in [0.4, 0.5) is 4.39 Å². The normalized spacial score (nSPS) is 10.8. The fourth-order valence-corrected chi connectivity index (χ4v) is 3.12. The number of hydrogen-bond donors (Lipinski definition) is 3. The van der Waals surface area contributed by atoms with E-state index in [0.29, 0.717) is 23.3 Å². The molecule has 2 aromatic heterocycles. The average molecular weight is 412 g/mol. The predicted octanol–water partition coefficient (Wildman–Crippen LogP) is 0.907. The van der Waals surface area contributed by atoms with E-state index in [1.165, 1.54) is 35.0 Å². The summed E-state index contributed by atoms with van der Waals surface area (Å²) in [5.41, 5.74) is 13.5. The second-order valence-corrected chi connectivity index (χ2v) is 6.82. The highest BCUT2D eigenvalue weighted by molar-refractivity contribution is 5.98. The molecule has 0 radical (unpaired) electrons. The lowest BCUT2D eigenvalue weighted by atomic mass is 10.1. The summed E-state index contributed by atoms with van der Waals surface area (Å²) in [5, 5.41) is 4.15. The number of nitrogens with one attached hydrogen (secondary N) is 2. The van der Waals surface area contributed by atoms with E-state index in [9.17, 15) is 18.8 Å². The van der Waals surface area contributed by atoms with Crippen LogP contribution in [0.2, 0.25) is 0 Å². The zero-order valence-corrected chi connectivity index (χ0v) is 16.5. The van der Waals surface area contributed by atoms with Crippen LogP contribution in [0.3, 0.4) is 0 Å². The number of nitrogens with zero attached hydrogens (tertiary/aromatic N) is 3. The SMILES string of the molecule is Cc1nc2c(C(N)=O)cnn2c(C)c1CCC(=O)NNC(=O)Cc1ccc(F)cc1. The van der Waals surface area contributed by atoms with Gasteiger partial charge < -0.3 is 5.73 Å². The Morgan fingerprint density at radius 2 is 1.77 bits per heavy atom. The quantitative estimate of drug-likeness (QED) is 0.518. The molecule has 9 nitrogen and oxygen atoms in total. The Bertz CT molecular complexity index is 1120. The Morgan fingerprint density at radius 1 is 1.10 bits per heavy atom. The topological polar surface area (TPSA) is 131 Å². The van der Waals surface area contributed by atoms with Crippen LogP contribution in [0, 0.1) is 19.7 Å². The maximum Gasteiger partial charge on any atom is 0.254 e. The van der Waals surface area contributed by atoms with E-state index in [1.54, 1.807) is 6.92 Å². The van der Waals surface area contributed by atoms with Crippen LogP contribution in [0.5, 0.6) is 0 Å². The van der Waals surface area contributed by atoms with E-state index in [2.05, 4.69) is 20.9 Å². The molecule has 0 aliphatic heterocycles. The first-order chi connectivity index (χ1) is 14.3. The average Bonchev–Trinajstić information content (AvgIpc) is 3.12. The number of carbonyl (C=O) groups excluding carboxylic acids is 3. The molecule has 0 spiro atoms. The van der Waals surface area contributed by atoms with Gasteiger partial charge in [-0.25, -0.2) is 13.9 Å². The Balaban J connectivity index is 1.58. The summed E-state index contributed by atoms with van der Waals surface area (Å²) in [7, 11) is 0. The molecular weight excluding hydrogens is 391 g/mol. The van der Waals surface area contributed by atoms with Crippen LogP contribution in [0.25, 0.3) is 5.65 Å². The van der Waals surface area contributed by atoms with Gasteiger partial charge in [0.15, 0.2) is 5.65 Å². The van der Waals surface area contributed by atoms with Crippen LogP contribution in [-0.4, -0.2) is 32.3 Å². The maximum atomic E-state index is 12.9. The molecule has 3 amide bonds. The van der Waals surface area contributed by atoms with Gasteiger partial charge in [0, 0.05) is 17.8 Å². The number of amides is 3. The largest absolute Gasteiger partial charge is 0.365 e. The van der Waals surface area contributed by atoms with Crippen molar-refractivity contribution in [1.82, 2.24) is 25.4 Å². The molecular formula is C20H21FN6O3. The van der Waals surface area contributed by atoms with Crippen molar-refractivity contribution >= 4 is 23.4 Å². The van der Waals surface area contributed by atoms with Crippen molar-refractivity contribution in [2.24, 2.45) is 5.73 Å². The summed E-state index contributed by atoms with van der Waals surface area (Å²) >= 11 is 0. The highest BCUT2D eigenvalue weighted by atomic mass is 19.1. The smallest absolute Gasteiger partial charge is 0.254 e. The predicted molar refractivity (Wildman–Crippen MR) is 106 cm³/mol. The van der Waals surface area contributed by atoms with Crippen LogP contribution in [-0.2, 0) is 22.4 Å². The Kier molecular flexibility index (Phi) is 6.05. The van der Waals surface area contributed by atoms with Gasteiger partial charge in [-0.2, -0.15) is 5.10 Å². The molecule has 0 fully saturated rings. The van der Waals surface area contributed by atoms with E-state index in [-0.39, 0.29) is 30.1 Å². The second kappa shape index (κ2) is 8.68. The number of aromatic nitrogens is 3. The minimum absolute atomic E-state index is 0.0147. The van der Waals surface area contributed by atoms with E-state index < -0.39 is 11.8 Å². The summed E-state index contributed by atoms with van der Waals surface area (Å²) in [5.74, 6) is -1.79. The molecule has 4 N–H and O–H groups in total. The number of hydrogen-bond acceptors (Lipinski definition) is 5. The van der Waals surface area contributed by atoms with Gasteiger partial charge in [-0.05, 0) is 43.5 Å². The fourth-order valence-electron chi connectivity index (χ4n) is 3.12. The zero-order valence-electron chi connectivity index (χ0n) is 16.5. The third kappa shape index (κ3) is 4.59. The van der Waals surface area contributed by atoms with Gasteiger partial charge in [0.25, 0.3) is 5.91 Å². The molecule has 0 saturated heterocycles. The maximum absolute atomic E-state index is 12.9. The number of carbonyl (C=O) groups is 3. The minimum Gasteiger partial charge on any atom is -0.365 e. The van der Waals surface area contributed by atoms with Crippen molar-refractivity contribution in [3.8, 4) is 0 Å². The molecule has 2 heterocycles. The van der Waals surface area contributed by atoms with Gasteiger partial charge in [0.1, 0.15) is 11.4 Å². The van der Waals surface area contributed by atoms with Crippen molar-refractivity contribution in [2.45, 2.75) is 33.1 Å². The molecule has 0 aliphatic carbocycles. The summed E-state index contributed by atoms with van der Waals surface area (Å²) in [4.78, 5) is 39.9. The van der Waals surface area contributed by atoms with E-state index >= 15 is 0 Å². The zero-order chi connectivity index (χ0) is 21.8. The molecule has 30 heavy (non-hydrogen) atoms. The highest BCUT2D eigenvalue weighted by Gasteiger charge is 2.17. The summed E-state index contributed by atoms with van der Waals surface area (Å²) < 4.78 is 14.4. The van der Waals surface area contributed by atoms with Crippen molar-refractivity contribution in [2.75, 3.05) is 0 Å². The van der Waals surface area contributed by atoms with Crippen LogP contribution < -0.4 is 16.6 Å². The number of primary amides is 1. The van der Waals surface area contributed by atoms with Crippen LogP contribution >= 0.6 is 0 Å². The van der Waals surface area contributed by atoms with Crippen LogP contribution in [0.15, 0.2) is 30.5 Å². The number of nitrogens with two attached hydrogens (primary N) is 1. The van der Waals surface area contributed by atoms with Gasteiger partial charge in [-0.3, -0.25) is 25.2 Å². The van der Waals surface area contributed by atoms with Gasteiger partial charge in [0.05, 0.1) is 12.6 Å².